The summed E-state index contributed by atoms with van der Waals surface area (Å²) in [4.78, 5) is 24.8. The van der Waals surface area contributed by atoms with Gasteiger partial charge in [0.15, 0.2) is 11.5 Å². The van der Waals surface area contributed by atoms with Crippen LogP contribution in [-0.4, -0.2) is 25.3 Å². The molecule has 1 aliphatic carbocycles. The summed E-state index contributed by atoms with van der Waals surface area (Å²) in [6.07, 6.45) is 7.16. The summed E-state index contributed by atoms with van der Waals surface area (Å²) in [6, 6.07) is 9.79. The Bertz CT molecular complexity index is 642. The number of carbonyl (C=O) groups is 2. The molecule has 1 aliphatic rings. The van der Waals surface area contributed by atoms with E-state index in [1.165, 1.54) is 7.11 Å². The molecule has 4 nitrogen and oxygen atoms in total. The summed E-state index contributed by atoms with van der Waals surface area (Å²) < 4.78 is 5.19. The number of allylic oxidation sites excluding steroid dienone is 1. The number of hydrogen-bond acceptors (Lipinski definition) is 3. The van der Waals surface area contributed by atoms with Crippen LogP contribution in [0.2, 0.25) is 0 Å². The van der Waals surface area contributed by atoms with Gasteiger partial charge < -0.3 is 10.1 Å². The second-order valence-corrected chi connectivity index (χ2v) is 5.69. The van der Waals surface area contributed by atoms with E-state index in [0.29, 0.717) is 6.42 Å². The first-order chi connectivity index (χ1) is 11.1. The van der Waals surface area contributed by atoms with Crippen LogP contribution in [0.4, 0.5) is 0 Å². The highest BCUT2D eigenvalue weighted by molar-refractivity contribution is 5.96. The van der Waals surface area contributed by atoms with Gasteiger partial charge in [-0.25, -0.2) is 0 Å². The fraction of sp³-hybridized carbons (Fsp3) is 0.368. The van der Waals surface area contributed by atoms with Crippen molar-refractivity contribution < 1.29 is 14.3 Å². The van der Waals surface area contributed by atoms with E-state index in [1.54, 1.807) is 6.08 Å². The highest BCUT2D eigenvalue weighted by Gasteiger charge is 2.36. The lowest BCUT2D eigenvalue weighted by molar-refractivity contribution is -0.125. The van der Waals surface area contributed by atoms with Gasteiger partial charge in [-0.05, 0) is 23.5 Å². The fourth-order valence-electron chi connectivity index (χ4n) is 3.02. The Hall–Kier alpha value is -2.54. The predicted octanol–water partition coefficient (Wildman–Crippen LogP) is 2.28. The van der Waals surface area contributed by atoms with Gasteiger partial charge >= 0.3 is 0 Å². The Morgan fingerprint density at radius 2 is 2.09 bits per heavy atom. The number of methoxy groups -OCH3 is 1. The Morgan fingerprint density at radius 1 is 1.39 bits per heavy atom. The SMILES string of the molecule is C#CCNC(=O)[C@H]1C=C(OC)C(=O)C[C@H](c2ccccc2)[C@H]1C. The molecule has 4 heteroatoms. The Balaban J connectivity index is 2.37. The Morgan fingerprint density at radius 3 is 2.70 bits per heavy atom. The van der Waals surface area contributed by atoms with Gasteiger partial charge in [-0.1, -0.05) is 43.2 Å². The molecule has 0 saturated carbocycles. The molecule has 1 N–H and O–H groups in total. The van der Waals surface area contributed by atoms with Gasteiger partial charge in [0.1, 0.15) is 0 Å². The van der Waals surface area contributed by atoms with Crippen molar-refractivity contribution in [2.24, 2.45) is 11.8 Å². The third-order valence-electron chi connectivity index (χ3n) is 4.33. The van der Waals surface area contributed by atoms with Crippen molar-refractivity contribution in [3.05, 3.63) is 47.7 Å². The summed E-state index contributed by atoms with van der Waals surface area (Å²) in [5.41, 5.74) is 1.05. The third kappa shape index (κ3) is 3.81. The average molecular weight is 311 g/mol. The van der Waals surface area contributed by atoms with Crippen LogP contribution in [0.5, 0.6) is 0 Å². The molecule has 0 aromatic heterocycles. The molecule has 0 unspecified atom stereocenters. The zero-order chi connectivity index (χ0) is 16.8. The van der Waals surface area contributed by atoms with Crippen molar-refractivity contribution in [1.82, 2.24) is 5.32 Å². The molecule has 0 bridgehead atoms. The minimum Gasteiger partial charge on any atom is -0.493 e. The summed E-state index contributed by atoms with van der Waals surface area (Å²) in [7, 11) is 1.45. The molecule has 1 aromatic carbocycles. The molecule has 0 spiro atoms. The molecule has 0 radical (unpaired) electrons. The number of hydrogen-bond donors (Lipinski definition) is 1. The van der Waals surface area contributed by atoms with E-state index in [2.05, 4.69) is 11.2 Å². The maximum atomic E-state index is 12.4. The van der Waals surface area contributed by atoms with Crippen LogP contribution in [0.1, 0.15) is 24.8 Å². The molecular formula is C19H21NO3. The fourth-order valence-corrected chi connectivity index (χ4v) is 3.02. The number of benzene rings is 1. The number of terminal acetylenes is 1. The topological polar surface area (TPSA) is 55.4 Å². The summed E-state index contributed by atoms with van der Waals surface area (Å²) in [5, 5.41) is 2.71. The maximum absolute atomic E-state index is 12.4. The van der Waals surface area contributed by atoms with Crippen LogP contribution in [0.15, 0.2) is 42.2 Å². The summed E-state index contributed by atoms with van der Waals surface area (Å²) >= 11 is 0. The third-order valence-corrected chi connectivity index (χ3v) is 4.33. The quantitative estimate of drug-likeness (QED) is 0.868. The van der Waals surface area contributed by atoms with E-state index in [9.17, 15) is 9.59 Å². The van der Waals surface area contributed by atoms with Crippen LogP contribution in [0, 0.1) is 24.2 Å². The lowest BCUT2D eigenvalue weighted by atomic mass is 9.78. The highest BCUT2D eigenvalue weighted by Crippen LogP contribution is 2.37. The van der Waals surface area contributed by atoms with Crippen LogP contribution in [0.25, 0.3) is 0 Å². The van der Waals surface area contributed by atoms with E-state index in [1.807, 2.05) is 37.3 Å². The molecule has 0 aliphatic heterocycles. The predicted molar refractivity (Wildman–Crippen MR) is 88.4 cm³/mol. The Kier molecular flexibility index (Phi) is 5.59. The number of carbonyl (C=O) groups excluding carboxylic acids is 2. The molecule has 1 amide bonds. The number of ether oxygens (including phenoxy) is 1. The zero-order valence-electron chi connectivity index (χ0n) is 13.4. The van der Waals surface area contributed by atoms with Crippen LogP contribution >= 0.6 is 0 Å². The first-order valence-corrected chi connectivity index (χ1v) is 7.63. The van der Waals surface area contributed by atoms with Gasteiger partial charge in [0.25, 0.3) is 0 Å². The number of Topliss-reactive ketones (excluding diaryl/α,β-unsaturated/α-hetero) is 1. The standard InChI is InChI=1S/C19H21NO3/c1-4-10-20-19(22)16-12-18(23-3)17(21)11-15(13(16)2)14-8-6-5-7-9-14/h1,5-9,12-13,15-16H,10-11H2,2-3H3,(H,20,22)/t13-,15+,16+/m1/s1. The number of nitrogens with one attached hydrogen (secondary N) is 1. The van der Waals surface area contributed by atoms with Gasteiger partial charge in [0.2, 0.25) is 5.91 Å². The summed E-state index contributed by atoms with van der Waals surface area (Å²) in [6.45, 7) is 2.16. The number of rotatable bonds is 4. The van der Waals surface area contributed by atoms with Gasteiger partial charge in [0.05, 0.1) is 19.6 Å². The van der Waals surface area contributed by atoms with Gasteiger partial charge in [-0.15, -0.1) is 6.42 Å². The molecule has 0 saturated heterocycles. The first-order valence-electron chi connectivity index (χ1n) is 7.63. The number of amides is 1. The van der Waals surface area contributed by atoms with Crippen molar-refractivity contribution in [1.29, 1.82) is 0 Å². The van der Waals surface area contributed by atoms with Crippen molar-refractivity contribution >= 4 is 11.7 Å². The molecule has 23 heavy (non-hydrogen) atoms. The molecule has 0 heterocycles. The van der Waals surface area contributed by atoms with E-state index in [0.717, 1.165) is 5.56 Å². The van der Waals surface area contributed by atoms with Gasteiger partial charge in [-0.2, -0.15) is 0 Å². The lowest BCUT2D eigenvalue weighted by Crippen LogP contribution is -2.35. The lowest BCUT2D eigenvalue weighted by Gasteiger charge is -2.26. The Labute approximate surface area is 136 Å². The second kappa shape index (κ2) is 7.64. The molecule has 3 atom stereocenters. The molecule has 1 aromatic rings. The maximum Gasteiger partial charge on any atom is 0.228 e. The van der Waals surface area contributed by atoms with Crippen molar-refractivity contribution in [3.63, 3.8) is 0 Å². The molecular weight excluding hydrogens is 290 g/mol. The van der Waals surface area contributed by atoms with Gasteiger partial charge in [-0.3, -0.25) is 9.59 Å². The molecule has 0 fully saturated rings. The van der Waals surface area contributed by atoms with Crippen LogP contribution < -0.4 is 5.32 Å². The normalized spacial score (nSPS) is 24.1. The molecule has 2 rings (SSSR count). The smallest absolute Gasteiger partial charge is 0.228 e. The first kappa shape index (κ1) is 16.8. The molecule has 120 valence electrons. The van der Waals surface area contributed by atoms with E-state index in [4.69, 9.17) is 11.2 Å². The second-order valence-electron chi connectivity index (χ2n) is 5.69. The van der Waals surface area contributed by atoms with E-state index >= 15 is 0 Å². The monoisotopic (exact) mass is 311 g/mol. The van der Waals surface area contributed by atoms with Crippen molar-refractivity contribution in [3.8, 4) is 12.3 Å². The van der Waals surface area contributed by atoms with E-state index < -0.39 is 5.92 Å². The highest BCUT2D eigenvalue weighted by atomic mass is 16.5. The summed E-state index contributed by atoms with van der Waals surface area (Å²) in [5.74, 6) is 1.82. The largest absolute Gasteiger partial charge is 0.493 e. The zero-order valence-corrected chi connectivity index (χ0v) is 13.4. The minimum absolute atomic E-state index is 0.0471. The van der Waals surface area contributed by atoms with Crippen molar-refractivity contribution in [2.75, 3.05) is 13.7 Å². The van der Waals surface area contributed by atoms with Crippen molar-refractivity contribution in [2.45, 2.75) is 19.3 Å². The van der Waals surface area contributed by atoms with Crippen LogP contribution in [0.3, 0.4) is 0 Å². The number of ketones is 1. The minimum atomic E-state index is -0.463. The van der Waals surface area contributed by atoms with Crippen LogP contribution in [-0.2, 0) is 14.3 Å². The van der Waals surface area contributed by atoms with Gasteiger partial charge in [0, 0.05) is 6.42 Å². The average Bonchev–Trinajstić information content (AvgIpc) is 2.70. The van der Waals surface area contributed by atoms with E-state index in [-0.39, 0.29) is 35.8 Å².